The largest absolute Gasteiger partial charge is 0.480 e. The van der Waals surface area contributed by atoms with Crippen molar-refractivity contribution >= 4 is 17.5 Å². The van der Waals surface area contributed by atoms with E-state index in [9.17, 15) is 19.8 Å². The number of carboxylic acid groups (broad SMARTS) is 2. The molecule has 0 spiro atoms. The van der Waals surface area contributed by atoms with Gasteiger partial charge >= 0.3 is 11.9 Å². The molecule has 4 N–H and O–H groups in total. The van der Waals surface area contributed by atoms with Crippen molar-refractivity contribution in [1.82, 2.24) is 0 Å². The molecule has 2 atom stereocenters. The molecule has 1 aliphatic carbocycles. The Morgan fingerprint density at radius 3 is 2.17 bits per heavy atom. The molecule has 0 fully saturated rings. The number of benzene rings is 1. The SMILES string of the molecule is CC1=C(C)C(C)C(N)(C(=O)O)C(c2ccccc2C(=O)O)=C1C. The number of aromatic carboxylic acids is 1. The van der Waals surface area contributed by atoms with E-state index in [1.807, 2.05) is 13.8 Å². The molecule has 122 valence electrons. The lowest BCUT2D eigenvalue weighted by atomic mass is 9.66. The van der Waals surface area contributed by atoms with Crippen molar-refractivity contribution in [3.63, 3.8) is 0 Å². The molecule has 2 rings (SSSR count). The van der Waals surface area contributed by atoms with Crippen LogP contribution in [0.1, 0.15) is 43.6 Å². The summed E-state index contributed by atoms with van der Waals surface area (Å²) < 4.78 is 0. The topological polar surface area (TPSA) is 101 Å². The van der Waals surface area contributed by atoms with Gasteiger partial charge in [0.2, 0.25) is 0 Å². The van der Waals surface area contributed by atoms with E-state index in [0.29, 0.717) is 11.1 Å². The Balaban J connectivity index is 2.91. The standard InChI is InChI=1S/C18H21NO4/c1-9-10(2)12(4)18(19,17(22)23)15(11(9)3)13-7-5-6-8-14(13)16(20)21/h5-8,12H,19H2,1-4H3,(H,20,21)(H,22,23). The van der Waals surface area contributed by atoms with E-state index in [-0.39, 0.29) is 5.56 Å². The monoisotopic (exact) mass is 315 g/mol. The molecule has 0 bridgehead atoms. The highest BCUT2D eigenvalue weighted by Gasteiger charge is 2.49. The van der Waals surface area contributed by atoms with Crippen LogP contribution in [0.3, 0.4) is 0 Å². The second-order valence-corrected chi connectivity index (χ2v) is 6.05. The fraction of sp³-hybridized carbons (Fsp3) is 0.333. The molecule has 0 aliphatic heterocycles. The number of carboxylic acids is 2. The van der Waals surface area contributed by atoms with Crippen LogP contribution in [0.25, 0.3) is 5.57 Å². The summed E-state index contributed by atoms with van der Waals surface area (Å²) in [5, 5.41) is 19.3. The Bertz CT molecular complexity index is 760. The fourth-order valence-electron chi connectivity index (χ4n) is 3.28. The molecule has 0 radical (unpaired) electrons. The summed E-state index contributed by atoms with van der Waals surface area (Å²) in [4.78, 5) is 23.6. The molecule has 1 aromatic rings. The van der Waals surface area contributed by atoms with Gasteiger partial charge in [0.15, 0.2) is 0 Å². The average Bonchev–Trinajstić information content (AvgIpc) is 2.51. The van der Waals surface area contributed by atoms with Crippen LogP contribution in [-0.4, -0.2) is 27.7 Å². The summed E-state index contributed by atoms with van der Waals surface area (Å²) in [6, 6.07) is 6.39. The Labute approximate surface area is 135 Å². The first-order chi connectivity index (χ1) is 10.6. The zero-order valence-corrected chi connectivity index (χ0v) is 13.7. The van der Waals surface area contributed by atoms with Gasteiger partial charge < -0.3 is 15.9 Å². The first-order valence-electron chi connectivity index (χ1n) is 7.38. The highest BCUT2D eigenvalue weighted by molar-refractivity contribution is 6.04. The highest BCUT2D eigenvalue weighted by Crippen LogP contribution is 2.45. The van der Waals surface area contributed by atoms with Crippen molar-refractivity contribution in [2.45, 2.75) is 33.2 Å². The minimum Gasteiger partial charge on any atom is -0.480 e. The predicted octanol–water partition coefficient (Wildman–Crippen LogP) is 2.93. The third-order valence-corrected chi connectivity index (χ3v) is 5.06. The second-order valence-electron chi connectivity index (χ2n) is 6.05. The molecule has 2 unspecified atom stereocenters. The van der Waals surface area contributed by atoms with Gasteiger partial charge in [0.25, 0.3) is 0 Å². The zero-order chi connectivity index (χ0) is 17.5. The number of allylic oxidation sites excluding steroid dienone is 2. The van der Waals surface area contributed by atoms with Crippen molar-refractivity contribution in [2.24, 2.45) is 11.7 Å². The van der Waals surface area contributed by atoms with Crippen molar-refractivity contribution in [3.8, 4) is 0 Å². The Morgan fingerprint density at radius 1 is 1.09 bits per heavy atom. The van der Waals surface area contributed by atoms with Crippen LogP contribution in [-0.2, 0) is 4.79 Å². The second kappa shape index (κ2) is 5.66. The zero-order valence-electron chi connectivity index (χ0n) is 13.7. The van der Waals surface area contributed by atoms with Crippen LogP contribution in [0, 0.1) is 5.92 Å². The van der Waals surface area contributed by atoms with Gasteiger partial charge in [-0.15, -0.1) is 0 Å². The van der Waals surface area contributed by atoms with E-state index >= 15 is 0 Å². The lowest BCUT2D eigenvalue weighted by molar-refractivity contribution is -0.142. The average molecular weight is 315 g/mol. The number of rotatable bonds is 3. The van der Waals surface area contributed by atoms with Crippen molar-refractivity contribution in [1.29, 1.82) is 0 Å². The minimum absolute atomic E-state index is 0.0532. The Morgan fingerprint density at radius 2 is 1.65 bits per heavy atom. The first-order valence-corrected chi connectivity index (χ1v) is 7.38. The molecule has 1 aliphatic rings. The van der Waals surface area contributed by atoms with Gasteiger partial charge in [-0.05, 0) is 49.1 Å². The molecular weight excluding hydrogens is 294 g/mol. The third-order valence-electron chi connectivity index (χ3n) is 5.06. The van der Waals surface area contributed by atoms with Crippen molar-refractivity contribution in [3.05, 3.63) is 52.1 Å². The molecule has 5 heteroatoms. The lowest BCUT2D eigenvalue weighted by Crippen LogP contribution is -2.56. The van der Waals surface area contributed by atoms with E-state index in [0.717, 1.165) is 16.7 Å². The summed E-state index contributed by atoms with van der Waals surface area (Å²) >= 11 is 0. The quantitative estimate of drug-likeness (QED) is 0.796. The minimum atomic E-state index is -1.67. The van der Waals surface area contributed by atoms with Gasteiger partial charge in [0, 0.05) is 5.92 Å². The Hall–Kier alpha value is -2.40. The van der Waals surface area contributed by atoms with Crippen LogP contribution in [0.15, 0.2) is 41.0 Å². The smallest absolute Gasteiger partial charge is 0.336 e. The molecule has 0 aromatic heterocycles. The normalized spacial score (nSPS) is 24.8. The third kappa shape index (κ3) is 2.37. The number of nitrogens with two attached hydrogens (primary N) is 1. The van der Waals surface area contributed by atoms with Crippen LogP contribution in [0.2, 0.25) is 0 Å². The number of aliphatic carboxylic acids is 1. The predicted molar refractivity (Wildman–Crippen MR) is 88.1 cm³/mol. The maximum absolute atomic E-state index is 12.0. The van der Waals surface area contributed by atoms with E-state index in [4.69, 9.17) is 5.73 Å². The van der Waals surface area contributed by atoms with E-state index in [1.54, 1.807) is 32.0 Å². The van der Waals surface area contributed by atoms with Gasteiger partial charge in [-0.1, -0.05) is 30.7 Å². The molecule has 1 aromatic carbocycles. The van der Waals surface area contributed by atoms with Gasteiger partial charge in [0.05, 0.1) is 5.56 Å². The summed E-state index contributed by atoms with van der Waals surface area (Å²) in [5.74, 6) is -2.71. The summed E-state index contributed by atoms with van der Waals surface area (Å²) in [6.45, 7) is 7.34. The van der Waals surface area contributed by atoms with Crippen LogP contribution < -0.4 is 5.73 Å². The van der Waals surface area contributed by atoms with Gasteiger partial charge in [-0.25, -0.2) is 9.59 Å². The van der Waals surface area contributed by atoms with Crippen LogP contribution in [0.5, 0.6) is 0 Å². The maximum atomic E-state index is 12.0. The van der Waals surface area contributed by atoms with Gasteiger partial charge in [0.1, 0.15) is 5.54 Å². The molecular formula is C18H21NO4. The molecule has 0 heterocycles. The molecule has 0 amide bonds. The summed E-state index contributed by atoms with van der Waals surface area (Å²) in [5.41, 5.74) is 8.05. The van der Waals surface area contributed by atoms with E-state index < -0.39 is 23.4 Å². The molecule has 0 saturated heterocycles. The lowest BCUT2D eigenvalue weighted by Gasteiger charge is -2.41. The van der Waals surface area contributed by atoms with E-state index in [2.05, 4.69) is 0 Å². The van der Waals surface area contributed by atoms with Crippen molar-refractivity contribution < 1.29 is 19.8 Å². The summed E-state index contributed by atoms with van der Waals surface area (Å²) in [7, 11) is 0. The van der Waals surface area contributed by atoms with Crippen LogP contribution in [0.4, 0.5) is 0 Å². The molecule has 23 heavy (non-hydrogen) atoms. The first kappa shape index (κ1) is 17.0. The number of hydrogen-bond donors (Lipinski definition) is 3. The van der Waals surface area contributed by atoms with Crippen LogP contribution >= 0.6 is 0 Å². The van der Waals surface area contributed by atoms with Gasteiger partial charge in [-0.3, -0.25) is 0 Å². The molecule has 5 nitrogen and oxygen atoms in total. The number of carbonyl (C=O) groups is 2. The number of hydrogen-bond acceptors (Lipinski definition) is 3. The van der Waals surface area contributed by atoms with E-state index in [1.165, 1.54) is 6.07 Å². The highest BCUT2D eigenvalue weighted by atomic mass is 16.4. The fourth-order valence-corrected chi connectivity index (χ4v) is 3.28. The Kier molecular flexibility index (Phi) is 4.18. The maximum Gasteiger partial charge on any atom is 0.336 e. The van der Waals surface area contributed by atoms with Crippen molar-refractivity contribution in [2.75, 3.05) is 0 Å². The van der Waals surface area contributed by atoms with Gasteiger partial charge in [-0.2, -0.15) is 0 Å². The molecule has 0 saturated carbocycles. The summed E-state index contributed by atoms with van der Waals surface area (Å²) in [6.07, 6.45) is 0.